The van der Waals surface area contributed by atoms with Crippen molar-refractivity contribution in [3.8, 4) is 0 Å². The van der Waals surface area contributed by atoms with Crippen LogP contribution in [0.1, 0.15) is 0 Å². The van der Waals surface area contributed by atoms with Crippen LogP contribution in [0.5, 0.6) is 0 Å². The molecular formula is CH4BrN2Se. The van der Waals surface area contributed by atoms with Crippen LogP contribution in [0.3, 0.4) is 0 Å². The molecule has 3 N–H and O–H groups in total. The molecule has 0 heterocycles. The van der Waals surface area contributed by atoms with Crippen molar-refractivity contribution in [2.75, 3.05) is 0 Å². The molecule has 0 spiro atoms. The van der Waals surface area contributed by atoms with Crippen LogP contribution in [0.2, 0.25) is 0 Å². The van der Waals surface area contributed by atoms with Gasteiger partial charge in [-0.25, -0.2) is 0 Å². The Hall–Kier alpha value is 0.469. The molecule has 31 valence electrons. The first-order valence-electron chi connectivity index (χ1n) is 0.743. The normalized spacial score (nSPS) is 4.80. The number of rotatable bonds is 0. The molecule has 2 nitrogen and oxygen atoms in total. The molecule has 0 unspecified atom stereocenters. The summed E-state index contributed by atoms with van der Waals surface area (Å²) in [5, 5.41) is 6.22. The number of nitrogens with two attached hydrogens (primary N) is 1. The molecule has 0 fully saturated rings. The Morgan fingerprint density at radius 3 is 1.80 bits per heavy atom. The van der Waals surface area contributed by atoms with Crippen molar-refractivity contribution in [3.05, 3.63) is 0 Å². The number of halogens is 1. The average Bonchev–Trinajstić information content (AvgIpc) is 0.811. The van der Waals surface area contributed by atoms with Gasteiger partial charge in [0.1, 0.15) is 0 Å². The fourth-order valence-corrected chi connectivity index (χ4v) is 0. The van der Waals surface area contributed by atoms with Gasteiger partial charge in [0.25, 0.3) is 0 Å². The van der Waals surface area contributed by atoms with Gasteiger partial charge < -0.3 is 0 Å². The van der Waals surface area contributed by atoms with Gasteiger partial charge >= 0.3 is 31.9 Å². The minimum atomic E-state index is 0. The fraction of sp³-hybridized carbons (Fsp3) is 0. The molecular weight excluding hydrogens is 199 g/mol. The molecule has 5 heavy (non-hydrogen) atoms. The predicted octanol–water partition coefficient (Wildman–Crippen LogP) is -0.374. The van der Waals surface area contributed by atoms with Gasteiger partial charge in [0, 0.05) is 0 Å². The third-order valence-corrected chi connectivity index (χ3v) is 0. The van der Waals surface area contributed by atoms with Crippen LogP contribution in [0.25, 0.3) is 0 Å². The number of nitrogens with one attached hydrogen (secondary N) is 1. The van der Waals surface area contributed by atoms with Crippen molar-refractivity contribution in [1.82, 2.24) is 0 Å². The van der Waals surface area contributed by atoms with E-state index in [1.165, 1.54) is 0 Å². The Morgan fingerprint density at radius 1 is 1.80 bits per heavy atom. The molecule has 0 aromatic rings. The number of hydrogen-bond acceptors (Lipinski definition) is 1. The predicted molar refractivity (Wildman–Crippen MR) is 28.0 cm³/mol. The maximum atomic E-state index is 6.22. The zero-order chi connectivity index (χ0) is 3.58. The van der Waals surface area contributed by atoms with Crippen molar-refractivity contribution < 1.29 is 0 Å². The molecule has 0 saturated heterocycles. The Labute approximate surface area is 49.2 Å². The monoisotopic (exact) mass is 203 g/mol. The van der Waals surface area contributed by atoms with E-state index in [0.29, 0.717) is 0 Å². The summed E-state index contributed by atoms with van der Waals surface area (Å²) in [5.74, 6) is 0. The van der Waals surface area contributed by atoms with E-state index in [2.05, 4.69) is 21.7 Å². The SMILES string of the molecule is Br.N=C(N)[Se]. The van der Waals surface area contributed by atoms with E-state index in [1.54, 1.807) is 0 Å². The third-order valence-electron chi connectivity index (χ3n) is 0. The minimum absolute atomic E-state index is 0. The first-order chi connectivity index (χ1) is 1.73. The first-order valence-corrected chi connectivity index (χ1v) is 1.60. The molecule has 0 bridgehead atoms. The van der Waals surface area contributed by atoms with Crippen molar-refractivity contribution in [2.45, 2.75) is 0 Å². The molecule has 0 aliphatic rings. The summed E-state index contributed by atoms with van der Waals surface area (Å²) in [6.07, 6.45) is 0. The van der Waals surface area contributed by atoms with Crippen LogP contribution in [-0.2, 0) is 0 Å². The zero-order valence-electron chi connectivity index (χ0n) is 2.39. The van der Waals surface area contributed by atoms with E-state index in [-0.39, 0.29) is 21.7 Å². The Kier molecular flexibility index (Phi) is 8.11. The van der Waals surface area contributed by atoms with Crippen LogP contribution in [0.15, 0.2) is 0 Å². The van der Waals surface area contributed by atoms with Crippen LogP contribution in [-0.4, -0.2) is 20.7 Å². The second kappa shape index (κ2) is 4.47. The van der Waals surface area contributed by atoms with E-state index in [1.807, 2.05) is 0 Å². The van der Waals surface area contributed by atoms with Gasteiger partial charge in [0.15, 0.2) is 0 Å². The molecule has 0 aromatic heterocycles. The molecule has 0 aromatic carbocycles. The number of amidine groups is 1. The zero-order valence-corrected chi connectivity index (χ0v) is 5.82. The maximum absolute atomic E-state index is 6.22. The summed E-state index contributed by atoms with van der Waals surface area (Å²) >= 11 is 2.26. The Balaban J connectivity index is 0. The average molecular weight is 203 g/mol. The molecule has 0 aliphatic carbocycles. The third kappa shape index (κ3) is 124. The Morgan fingerprint density at radius 2 is 1.80 bits per heavy atom. The van der Waals surface area contributed by atoms with Gasteiger partial charge in [-0.2, -0.15) is 0 Å². The molecule has 0 saturated carbocycles. The first kappa shape index (κ1) is 9.08. The molecule has 1 radical (unpaired) electrons. The fourth-order valence-electron chi connectivity index (χ4n) is 0. The van der Waals surface area contributed by atoms with E-state index < -0.39 is 0 Å². The second-order valence-electron chi connectivity index (χ2n) is 0.364. The van der Waals surface area contributed by atoms with Crippen LogP contribution >= 0.6 is 17.0 Å². The molecule has 0 amide bonds. The molecule has 0 rings (SSSR count). The molecule has 0 aliphatic heterocycles. The summed E-state index contributed by atoms with van der Waals surface area (Å²) < 4.78 is 0.0417. The van der Waals surface area contributed by atoms with Gasteiger partial charge in [0.2, 0.25) is 0 Å². The summed E-state index contributed by atoms with van der Waals surface area (Å²) in [5.41, 5.74) is 4.64. The Bertz CT molecular complexity index is 32.6. The summed E-state index contributed by atoms with van der Waals surface area (Å²) in [6.45, 7) is 0. The second-order valence-corrected chi connectivity index (χ2v) is 1.29. The molecule has 4 heteroatoms. The summed E-state index contributed by atoms with van der Waals surface area (Å²) in [6, 6.07) is 0. The van der Waals surface area contributed by atoms with E-state index >= 15 is 0 Å². The van der Waals surface area contributed by atoms with Gasteiger partial charge in [-0.15, -0.1) is 17.0 Å². The summed E-state index contributed by atoms with van der Waals surface area (Å²) in [4.78, 5) is 0. The van der Waals surface area contributed by atoms with Crippen molar-refractivity contribution in [1.29, 1.82) is 5.41 Å². The number of hydrogen-bond donors (Lipinski definition) is 2. The van der Waals surface area contributed by atoms with Crippen LogP contribution in [0, 0.1) is 5.41 Å². The van der Waals surface area contributed by atoms with E-state index in [4.69, 9.17) is 5.41 Å². The van der Waals surface area contributed by atoms with E-state index in [9.17, 15) is 0 Å². The van der Waals surface area contributed by atoms with Gasteiger partial charge in [-0.1, -0.05) is 0 Å². The van der Waals surface area contributed by atoms with Gasteiger partial charge in [-0.3, -0.25) is 0 Å². The van der Waals surface area contributed by atoms with Crippen molar-refractivity contribution in [3.63, 3.8) is 0 Å². The van der Waals surface area contributed by atoms with Crippen molar-refractivity contribution in [2.24, 2.45) is 5.73 Å². The van der Waals surface area contributed by atoms with Crippen LogP contribution < -0.4 is 5.73 Å². The van der Waals surface area contributed by atoms with Gasteiger partial charge in [0.05, 0.1) is 0 Å². The van der Waals surface area contributed by atoms with E-state index in [0.717, 1.165) is 0 Å². The van der Waals surface area contributed by atoms with Crippen LogP contribution in [0.4, 0.5) is 0 Å². The van der Waals surface area contributed by atoms with Gasteiger partial charge in [-0.05, 0) is 0 Å². The van der Waals surface area contributed by atoms with Crippen molar-refractivity contribution >= 4 is 37.7 Å². The topological polar surface area (TPSA) is 49.9 Å². The quantitative estimate of drug-likeness (QED) is 0.315. The summed E-state index contributed by atoms with van der Waals surface area (Å²) in [7, 11) is 0. The standard InChI is InChI=1S/CH3N2Se.BrH/c2-1(3)4;/h(H3,2,3);1H. The molecule has 0 atom stereocenters.